The van der Waals surface area contributed by atoms with Gasteiger partial charge in [0.2, 0.25) is 0 Å². The Morgan fingerprint density at radius 2 is 1.95 bits per heavy atom. The fourth-order valence-electron chi connectivity index (χ4n) is 2.33. The van der Waals surface area contributed by atoms with Crippen LogP contribution in [-0.2, 0) is 0 Å². The quantitative estimate of drug-likeness (QED) is 0.535. The van der Waals surface area contributed by atoms with Crippen LogP contribution in [0.25, 0.3) is 16.3 Å². The first-order valence-electron chi connectivity index (χ1n) is 5.86. The molecule has 0 unspecified atom stereocenters. The summed E-state index contributed by atoms with van der Waals surface area (Å²) in [6.07, 6.45) is 1.62. The molecule has 0 amide bonds. The van der Waals surface area contributed by atoms with Crippen molar-refractivity contribution in [3.05, 3.63) is 58.5 Å². The fraction of sp³-hybridized carbons (Fsp3) is 0.0667. The minimum absolute atomic E-state index is 0.173. The van der Waals surface area contributed by atoms with Crippen molar-refractivity contribution < 1.29 is 9.90 Å². The van der Waals surface area contributed by atoms with Crippen molar-refractivity contribution in [3.8, 4) is 5.75 Å². The maximum Gasteiger partial charge on any atom is 0.269 e. The summed E-state index contributed by atoms with van der Waals surface area (Å²) in [7, 11) is 0. The van der Waals surface area contributed by atoms with Gasteiger partial charge in [-0.3, -0.25) is 14.0 Å². The molecule has 0 bridgehead atoms. The number of ketones is 1. The van der Waals surface area contributed by atoms with Crippen LogP contribution in [-0.4, -0.2) is 15.3 Å². The zero-order valence-corrected chi connectivity index (χ0v) is 10.3. The first kappa shape index (κ1) is 11.5. The maximum absolute atomic E-state index is 12.2. The number of hydrogen-bond donors (Lipinski definition) is 1. The topological polar surface area (TPSA) is 58.8 Å². The fourth-order valence-corrected chi connectivity index (χ4v) is 2.33. The molecule has 0 spiro atoms. The Kier molecular flexibility index (Phi) is 2.38. The Labute approximate surface area is 108 Å². The lowest BCUT2D eigenvalue weighted by atomic mass is 10.1. The number of pyridine rings is 2. The van der Waals surface area contributed by atoms with Gasteiger partial charge >= 0.3 is 0 Å². The molecule has 0 aliphatic heterocycles. The highest BCUT2D eigenvalue weighted by Crippen LogP contribution is 2.23. The summed E-state index contributed by atoms with van der Waals surface area (Å²) in [6, 6.07) is 10.8. The molecule has 3 rings (SSSR count). The van der Waals surface area contributed by atoms with Gasteiger partial charge in [0.15, 0.2) is 5.78 Å². The second kappa shape index (κ2) is 3.95. The van der Waals surface area contributed by atoms with Crippen LogP contribution in [0.3, 0.4) is 0 Å². The van der Waals surface area contributed by atoms with Crippen LogP contribution in [0.5, 0.6) is 5.75 Å². The van der Waals surface area contributed by atoms with E-state index in [1.165, 1.54) is 17.4 Å². The van der Waals surface area contributed by atoms with E-state index >= 15 is 0 Å². The van der Waals surface area contributed by atoms with Crippen molar-refractivity contribution in [3.63, 3.8) is 0 Å². The molecule has 2 aromatic heterocycles. The molecule has 4 nitrogen and oxygen atoms in total. The molecule has 0 radical (unpaired) electrons. The zero-order chi connectivity index (χ0) is 13.6. The number of benzene rings is 1. The van der Waals surface area contributed by atoms with Crippen molar-refractivity contribution in [2.75, 3.05) is 0 Å². The highest BCUT2D eigenvalue weighted by Gasteiger charge is 2.15. The van der Waals surface area contributed by atoms with Crippen molar-refractivity contribution in [1.82, 2.24) is 4.40 Å². The minimum Gasteiger partial charge on any atom is -0.507 e. The monoisotopic (exact) mass is 253 g/mol. The van der Waals surface area contributed by atoms with E-state index in [1.807, 2.05) is 30.3 Å². The van der Waals surface area contributed by atoms with E-state index in [0.717, 1.165) is 10.8 Å². The van der Waals surface area contributed by atoms with Crippen LogP contribution in [0.2, 0.25) is 0 Å². The lowest BCUT2D eigenvalue weighted by Crippen LogP contribution is -2.20. The third-order valence-corrected chi connectivity index (χ3v) is 3.21. The number of aromatic hydroxyl groups is 1. The van der Waals surface area contributed by atoms with Gasteiger partial charge in [0.1, 0.15) is 11.3 Å². The number of aromatic nitrogens is 1. The summed E-state index contributed by atoms with van der Waals surface area (Å²) >= 11 is 0. The third kappa shape index (κ3) is 1.61. The normalized spacial score (nSPS) is 11.0. The van der Waals surface area contributed by atoms with Crippen LogP contribution in [0.15, 0.2) is 47.4 Å². The number of nitrogens with zero attached hydrogens (tertiary/aromatic N) is 1. The highest BCUT2D eigenvalue weighted by molar-refractivity contribution is 6.00. The van der Waals surface area contributed by atoms with Crippen molar-refractivity contribution in [1.29, 1.82) is 0 Å². The van der Waals surface area contributed by atoms with Gasteiger partial charge in [0.25, 0.3) is 5.56 Å². The summed E-state index contributed by atoms with van der Waals surface area (Å²) < 4.78 is 1.39. The summed E-state index contributed by atoms with van der Waals surface area (Å²) in [5.74, 6) is -0.709. The highest BCUT2D eigenvalue weighted by atomic mass is 16.3. The molecule has 94 valence electrons. The van der Waals surface area contributed by atoms with Crippen LogP contribution in [0.1, 0.15) is 17.3 Å². The van der Waals surface area contributed by atoms with E-state index < -0.39 is 11.3 Å². The largest absolute Gasteiger partial charge is 0.507 e. The van der Waals surface area contributed by atoms with Crippen LogP contribution >= 0.6 is 0 Å². The molecule has 0 fully saturated rings. The molecule has 2 heterocycles. The number of rotatable bonds is 1. The molecule has 19 heavy (non-hydrogen) atoms. The summed E-state index contributed by atoms with van der Waals surface area (Å²) in [4.78, 5) is 23.6. The smallest absolute Gasteiger partial charge is 0.269 e. The van der Waals surface area contributed by atoms with Crippen molar-refractivity contribution in [2.45, 2.75) is 6.92 Å². The molecule has 0 saturated heterocycles. The van der Waals surface area contributed by atoms with Gasteiger partial charge in [-0.1, -0.05) is 24.3 Å². The molecule has 0 atom stereocenters. The second-order valence-electron chi connectivity index (χ2n) is 4.42. The Hall–Kier alpha value is -2.62. The number of hydrogen-bond acceptors (Lipinski definition) is 3. The molecule has 1 N–H and O–H groups in total. The Bertz CT molecular complexity index is 878. The van der Waals surface area contributed by atoms with Crippen LogP contribution in [0, 0.1) is 0 Å². The maximum atomic E-state index is 12.2. The molecular formula is C15H11NO3. The van der Waals surface area contributed by atoms with E-state index in [0.29, 0.717) is 5.52 Å². The Morgan fingerprint density at radius 1 is 1.21 bits per heavy atom. The first-order valence-corrected chi connectivity index (χ1v) is 5.86. The average Bonchev–Trinajstić information content (AvgIpc) is 2.38. The van der Waals surface area contributed by atoms with Gasteiger partial charge in [-0.25, -0.2) is 0 Å². The molecule has 0 aliphatic rings. The van der Waals surface area contributed by atoms with E-state index in [-0.39, 0.29) is 11.3 Å². The number of carbonyl (C=O) groups excluding carboxylic acids is 1. The summed E-state index contributed by atoms with van der Waals surface area (Å²) in [5, 5.41) is 11.7. The van der Waals surface area contributed by atoms with Gasteiger partial charge in [0.05, 0.1) is 5.52 Å². The average molecular weight is 253 g/mol. The lowest BCUT2D eigenvalue weighted by Gasteiger charge is -2.08. The molecule has 0 saturated carbocycles. The third-order valence-electron chi connectivity index (χ3n) is 3.21. The van der Waals surface area contributed by atoms with E-state index in [9.17, 15) is 14.7 Å². The number of Topliss-reactive ketones (excluding diaryl/α,β-unsaturated/α-hetero) is 1. The zero-order valence-electron chi connectivity index (χ0n) is 10.3. The van der Waals surface area contributed by atoms with Gasteiger partial charge < -0.3 is 5.11 Å². The Balaban J connectivity index is 2.58. The molecule has 1 aromatic carbocycles. The molecule has 3 aromatic rings. The van der Waals surface area contributed by atoms with Gasteiger partial charge in [-0.15, -0.1) is 0 Å². The Morgan fingerprint density at radius 3 is 2.68 bits per heavy atom. The molecule has 0 aliphatic carbocycles. The minimum atomic E-state index is -0.492. The van der Waals surface area contributed by atoms with Crippen LogP contribution < -0.4 is 5.56 Å². The van der Waals surface area contributed by atoms with Gasteiger partial charge in [0, 0.05) is 17.6 Å². The lowest BCUT2D eigenvalue weighted by molar-refractivity contribution is 0.101. The predicted octanol–water partition coefficient (Wildman–Crippen LogP) is 2.36. The molecule has 4 heteroatoms. The van der Waals surface area contributed by atoms with E-state index in [2.05, 4.69) is 0 Å². The van der Waals surface area contributed by atoms with E-state index in [4.69, 9.17) is 0 Å². The predicted molar refractivity (Wildman–Crippen MR) is 72.8 cm³/mol. The summed E-state index contributed by atoms with van der Waals surface area (Å²) in [5.41, 5.74) is -0.0772. The first-order chi connectivity index (χ1) is 9.09. The van der Waals surface area contributed by atoms with Crippen LogP contribution in [0.4, 0.5) is 0 Å². The van der Waals surface area contributed by atoms with Crippen molar-refractivity contribution >= 4 is 22.1 Å². The molecular weight excluding hydrogens is 242 g/mol. The standard InChI is InChI=1S/C15H11NO3/c1-9(17)14-13(18)8-12-11-5-3-2-4-10(11)6-7-16(12)15(14)19/h2-8,18H,1H3. The van der Waals surface area contributed by atoms with Crippen molar-refractivity contribution in [2.24, 2.45) is 0 Å². The van der Waals surface area contributed by atoms with E-state index in [1.54, 1.807) is 6.20 Å². The SMILES string of the molecule is CC(=O)c1c(O)cc2c3ccccc3ccn2c1=O. The number of carbonyl (C=O) groups is 1. The van der Waals surface area contributed by atoms with Gasteiger partial charge in [-0.2, -0.15) is 0 Å². The summed E-state index contributed by atoms with van der Waals surface area (Å²) in [6.45, 7) is 1.27. The number of fused-ring (bicyclic) bond motifs is 3. The van der Waals surface area contributed by atoms with Gasteiger partial charge in [-0.05, 0) is 18.4 Å². The second-order valence-corrected chi connectivity index (χ2v) is 4.42.